The van der Waals surface area contributed by atoms with Crippen LogP contribution in [0.2, 0.25) is 0 Å². The van der Waals surface area contributed by atoms with E-state index in [1.54, 1.807) is 12.1 Å². The number of methoxy groups -OCH3 is 2. The third-order valence-corrected chi connectivity index (χ3v) is 4.11. The predicted octanol–water partition coefficient (Wildman–Crippen LogP) is 2.55. The van der Waals surface area contributed by atoms with Crippen molar-refractivity contribution in [3.8, 4) is 11.5 Å². The summed E-state index contributed by atoms with van der Waals surface area (Å²) in [6.45, 7) is 0. The van der Waals surface area contributed by atoms with Crippen molar-refractivity contribution in [2.45, 2.75) is 6.04 Å². The maximum atomic E-state index is 13.5. The number of carbonyl (C=O) groups is 2. The van der Waals surface area contributed by atoms with Crippen LogP contribution in [-0.4, -0.2) is 31.0 Å². The Labute approximate surface area is 148 Å². The summed E-state index contributed by atoms with van der Waals surface area (Å²) in [5.41, 5.74) is 0.475. The SMILES string of the molecule is COc1ccc(C(O)=C2C(=O)C(=O)N[C@H]2c2cccc(F)c2)cc1OC. The second kappa shape index (κ2) is 6.87. The Morgan fingerprint density at radius 2 is 1.81 bits per heavy atom. The number of benzene rings is 2. The van der Waals surface area contributed by atoms with E-state index in [-0.39, 0.29) is 16.9 Å². The molecule has 2 aromatic rings. The first-order valence-corrected chi connectivity index (χ1v) is 7.72. The molecule has 0 saturated carbocycles. The summed E-state index contributed by atoms with van der Waals surface area (Å²) >= 11 is 0. The first-order valence-electron chi connectivity index (χ1n) is 7.72. The number of nitrogens with one attached hydrogen (secondary N) is 1. The molecule has 0 unspecified atom stereocenters. The molecule has 0 aliphatic carbocycles. The van der Waals surface area contributed by atoms with Crippen molar-refractivity contribution < 1.29 is 28.6 Å². The maximum Gasteiger partial charge on any atom is 0.293 e. The zero-order valence-electron chi connectivity index (χ0n) is 14.1. The molecule has 1 amide bonds. The zero-order valence-corrected chi connectivity index (χ0v) is 14.1. The smallest absolute Gasteiger partial charge is 0.293 e. The summed E-state index contributed by atoms with van der Waals surface area (Å²) in [4.78, 5) is 24.2. The van der Waals surface area contributed by atoms with Crippen molar-refractivity contribution in [1.29, 1.82) is 0 Å². The molecule has 6 nitrogen and oxygen atoms in total. The molecule has 0 aromatic heterocycles. The van der Waals surface area contributed by atoms with E-state index in [4.69, 9.17) is 9.47 Å². The van der Waals surface area contributed by atoms with Gasteiger partial charge < -0.3 is 19.9 Å². The van der Waals surface area contributed by atoms with Gasteiger partial charge in [-0.3, -0.25) is 9.59 Å². The fraction of sp³-hybridized carbons (Fsp3) is 0.158. The lowest BCUT2D eigenvalue weighted by atomic mass is 9.95. The maximum absolute atomic E-state index is 13.5. The van der Waals surface area contributed by atoms with E-state index in [2.05, 4.69) is 5.32 Å². The largest absolute Gasteiger partial charge is 0.507 e. The Morgan fingerprint density at radius 3 is 2.46 bits per heavy atom. The van der Waals surface area contributed by atoms with E-state index in [0.29, 0.717) is 17.1 Å². The van der Waals surface area contributed by atoms with Crippen molar-refractivity contribution in [2.24, 2.45) is 0 Å². The van der Waals surface area contributed by atoms with Crippen LogP contribution >= 0.6 is 0 Å². The van der Waals surface area contributed by atoms with E-state index in [9.17, 15) is 19.1 Å². The molecule has 1 aliphatic rings. The van der Waals surface area contributed by atoms with Gasteiger partial charge in [0.15, 0.2) is 11.5 Å². The number of aliphatic hydroxyl groups excluding tert-OH is 1. The summed E-state index contributed by atoms with van der Waals surface area (Å²) in [5.74, 6) is -1.83. The van der Waals surface area contributed by atoms with Crippen molar-refractivity contribution in [3.05, 3.63) is 65.0 Å². The van der Waals surface area contributed by atoms with Crippen LogP contribution < -0.4 is 14.8 Å². The molecule has 2 N–H and O–H groups in total. The second-order valence-electron chi connectivity index (χ2n) is 5.62. The van der Waals surface area contributed by atoms with Gasteiger partial charge in [0.05, 0.1) is 25.8 Å². The molecule has 1 saturated heterocycles. The lowest BCUT2D eigenvalue weighted by molar-refractivity contribution is -0.133. The van der Waals surface area contributed by atoms with E-state index >= 15 is 0 Å². The number of aliphatic hydroxyl groups is 1. The van der Waals surface area contributed by atoms with Gasteiger partial charge in [0, 0.05) is 5.56 Å². The quantitative estimate of drug-likeness (QED) is 0.499. The molecule has 0 spiro atoms. The fourth-order valence-corrected chi connectivity index (χ4v) is 2.84. The molecule has 7 heteroatoms. The van der Waals surface area contributed by atoms with Gasteiger partial charge in [-0.1, -0.05) is 12.1 Å². The highest BCUT2D eigenvalue weighted by atomic mass is 19.1. The highest BCUT2D eigenvalue weighted by Crippen LogP contribution is 2.36. The van der Waals surface area contributed by atoms with E-state index in [1.807, 2.05) is 0 Å². The molecule has 2 aromatic carbocycles. The monoisotopic (exact) mass is 357 g/mol. The van der Waals surface area contributed by atoms with Crippen LogP contribution in [0.1, 0.15) is 17.2 Å². The zero-order chi connectivity index (χ0) is 18.8. The van der Waals surface area contributed by atoms with E-state index in [0.717, 1.165) is 0 Å². The van der Waals surface area contributed by atoms with Crippen molar-refractivity contribution in [3.63, 3.8) is 0 Å². The summed E-state index contributed by atoms with van der Waals surface area (Å²) < 4.78 is 23.9. The van der Waals surface area contributed by atoms with Crippen molar-refractivity contribution in [1.82, 2.24) is 5.32 Å². The van der Waals surface area contributed by atoms with Gasteiger partial charge in [0.2, 0.25) is 0 Å². The van der Waals surface area contributed by atoms with Gasteiger partial charge >= 0.3 is 0 Å². The highest BCUT2D eigenvalue weighted by Gasteiger charge is 2.39. The number of hydrogen-bond acceptors (Lipinski definition) is 5. The van der Waals surface area contributed by atoms with Gasteiger partial charge in [-0.15, -0.1) is 0 Å². The lowest BCUT2D eigenvalue weighted by Crippen LogP contribution is -2.21. The molecule has 1 atom stereocenters. The molecule has 1 heterocycles. The number of rotatable bonds is 4. The number of halogens is 1. The van der Waals surface area contributed by atoms with Crippen LogP contribution in [0.5, 0.6) is 11.5 Å². The molecule has 1 fully saturated rings. The minimum Gasteiger partial charge on any atom is -0.507 e. The summed E-state index contributed by atoms with van der Waals surface area (Å²) in [7, 11) is 2.91. The number of carbonyl (C=O) groups excluding carboxylic acids is 2. The molecule has 0 bridgehead atoms. The standard InChI is InChI=1S/C19H16FNO5/c1-25-13-7-6-11(9-14(13)26-2)17(22)15-16(21-19(24)18(15)23)10-4-3-5-12(20)8-10/h3-9,16,22H,1-2H3,(H,21,24)/t16-/m0/s1. The van der Waals surface area contributed by atoms with Crippen molar-refractivity contribution >= 4 is 17.4 Å². The molecule has 26 heavy (non-hydrogen) atoms. The van der Waals surface area contributed by atoms with Gasteiger partial charge in [0.1, 0.15) is 11.6 Å². The summed E-state index contributed by atoms with van der Waals surface area (Å²) in [6, 6.07) is 9.11. The minimum atomic E-state index is -0.946. The van der Waals surface area contributed by atoms with Crippen LogP contribution in [0.3, 0.4) is 0 Å². The average Bonchev–Trinajstić information content (AvgIpc) is 2.95. The predicted molar refractivity (Wildman–Crippen MR) is 91.4 cm³/mol. The Kier molecular flexibility index (Phi) is 4.62. The Balaban J connectivity index is 2.13. The molecular formula is C19H16FNO5. The number of ketones is 1. The van der Waals surface area contributed by atoms with Crippen LogP contribution in [0.25, 0.3) is 5.76 Å². The second-order valence-corrected chi connectivity index (χ2v) is 5.62. The number of amides is 1. The number of hydrogen-bond donors (Lipinski definition) is 2. The molecule has 3 rings (SSSR count). The molecule has 1 aliphatic heterocycles. The number of Topliss-reactive ketones (excluding diaryl/α,β-unsaturated/α-hetero) is 1. The van der Waals surface area contributed by atoms with Gasteiger partial charge in [0.25, 0.3) is 11.7 Å². The topological polar surface area (TPSA) is 84.9 Å². The van der Waals surface area contributed by atoms with Crippen LogP contribution in [0, 0.1) is 5.82 Å². The van der Waals surface area contributed by atoms with Crippen LogP contribution in [0.15, 0.2) is 48.0 Å². The van der Waals surface area contributed by atoms with Crippen LogP contribution in [-0.2, 0) is 9.59 Å². The third kappa shape index (κ3) is 2.99. The van der Waals surface area contributed by atoms with Gasteiger partial charge in [-0.25, -0.2) is 4.39 Å². The average molecular weight is 357 g/mol. The van der Waals surface area contributed by atoms with Crippen LogP contribution in [0.4, 0.5) is 4.39 Å². The fourth-order valence-electron chi connectivity index (χ4n) is 2.84. The number of ether oxygens (including phenoxy) is 2. The third-order valence-electron chi connectivity index (χ3n) is 4.11. The van der Waals surface area contributed by atoms with Gasteiger partial charge in [-0.05, 0) is 35.9 Å². The summed E-state index contributed by atoms with van der Waals surface area (Å²) in [5, 5.41) is 13.1. The highest BCUT2D eigenvalue weighted by molar-refractivity contribution is 6.46. The minimum absolute atomic E-state index is 0.146. The van der Waals surface area contributed by atoms with E-state index in [1.165, 1.54) is 44.6 Å². The molecule has 0 radical (unpaired) electrons. The Morgan fingerprint density at radius 1 is 1.08 bits per heavy atom. The summed E-state index contributed by atoms with van der Waals surface area (Å²) in [6.07, 6.45) is 0. The molecular weight excluding hydrogens is 341 g/mol. The van der Waals surface area contributed by atoms with Gasteiger partial charge in [-0.2, -0.15) is 0 Å². The Hall–Kier alpha value is -3.35. The first kappa shape index (κ1) is 17.5. The lowest BCUT2D eigenvalue weighted by Gasteiger charge is -2.15. The Bertz CT molecular complexity index is 922. The first-order chi connectivity index (χ1) is 12.5. The van der Waals surface area contributed by atoms with E-state index < -0.39 is 23.5 Å². The van der Waals surface area contributed by atoms with Crippen molar-refractivity contribution in [2.75, 3.05) is 14.2 Å². The molecule has 134 valence electrons. The normalized spacial score (nSPS) is 18.5.